The van der Waals surface area contributed by atoms with Crippen molar-refractivity contribution in [3.8, 4) is 0 Å². The van der Waals surface area contributed by atoms with Crippen LogP contribution in [0.1, 0.15) is 17.2 Å². The maximum Gasteiger partial charge on any atom is 0.123 e. The van der Waals surface area contributed by atoms with E-state index < -0.39 is 0 Å². The molecule has 1 heterocycles. The second-order valence-corrected chi connectivity index (χ2v) is 5.21. The zero-order valence-electron chi connectivity index (χ0n) is 10.5. The zero-order valence-corrected chi connectivity index (χ0v) is 12.0. The average Bonchev–Trinajstić information content (AvgIpc) is 2.34. The first-order valence-corrected chi connectivity index (χ1v) is 6.67. The highest BCUT2D eigenvalue weighted by Crippen LogP contribution is 2.25. The topological polar surface area (TPSA) is 50.9 Å². The first-order chi connectivity index (χ1) is 9.08. The third-order valence-corrected chi connectivity index (χ3v) is 3.36. The minimum Gasteiger partial charge on any atom is -0.384 e. The zero-order chi connectivity index (χ0) is 13.8. The summed E-state index contributed by atoms with van der Waals surface area (Å²) in [6.07, 6.45) is 2.50. The summed E-state index contributed by atoms with van der Waals surface area (Å²) in [7, 11) is 1.91. The number of anilines is 1. The number of halogens is 2. The lowest BCUT2D eigenvalue weighted by molar-refractivity contribution is 0.592. The minimum atomic E-state index is 0.123. The van der Waals surface area contributed by atoms with Crippen molar-refractivity contribution in [3.63, 3.8) is 0 Å². The molecule has 0 aliphatic rings. The second kappa shape index (κ2) is 6.24. The van der Waals surface area contributed by atoms with Gasteiger partial charge in [-0.2, -0.15) is 0 Å². The molecule has 0 amide bonds. The van der Waals surface area contributed by atoms with E-state index in [0.717, 1.165) is 17.5 Å². The van der Waals surface area contributed by atoms with Crippen LogP contribution in [-0.2, 0) is 6.42 Å². The van der Waals surface area contributed by atoms with E-state index in [9.17, 15) is 0 Å². The van der Waals surface area contributed by atoms with Crippen LogP contribution in [0.4, 0.5) is 5.82 Å². The molecular formula is C14H15Cl2N3. The van der Waals surface area contributed by atoms with Crippen LogP contribution in [0.15, 0.2) is 36.5 Å². The molecule has 1 atom stereocenters. The molecule has 2 rings (SSSR count). The van der Waals surface area contributed by atoms with E-state index in [4.69, 9.17) is 28.9 Å². The quantitative estimate of drug-likeness (QED) is 0.908. The van der Waals surface area contributed by atoms with Gasteiger partial charge in [0.2, 0.25) is 0 Å². The summed E-state index contributed by atoms with van der Waals surface area (Å²) < 4.78 is 0. The number of pyridine rings is 1. The van der Waals surface area contributed by atoms with Crippen LogP contribution < -0.4 is 11.1 Å². The molecule has 0 bridgehead atoms. The highest BCUT2D eigenvalue weighted by molar-refractivity contribution is 6.34. The Balaban J connectivity index is 2.24. The predicted molar refractivity (Wildman–Crippen MR) is 80.6 cm³/mol. The Morgan fingerprint density at radius 2 is 1.89 bits per heavy atom. The highest BCUT2D eigenvalue weighted by Gasteiger charge is 2.12. The minimum absolute atomic E-state index is 0.123. The smallest absolute Gasteiger partial charge is 0.123 e. The molecule has 0 aliphatic carbocycles. The van der Waals surface area contributed by atoms with Gasteiger partial charge in [-0.05, 0) is 54.9 Å². The van der Waals surface area contributed by atoms with Crippen LogP contribution in [-0.4, -0.2) is 12.0 Å². The fourth-order valence-corrected chi connectivity index (χ4v) is 2.56. The molecule has 0 radical (unpaired) electrons. The van der Waals surface area contributed by atoms with E-state index in [1.54, 1.807) is 12.3 Å². The number of nitrogens with zero attached hydrogens (tertiary/aromatic N) is 1. The number of aromatic nitrogens is 1. The van der Waals surface area contributed by atoms with Gasteiger partial charge in [0, 0.05) is 22.3 Å². The van der Waals surface area contributed by atoms with Gasteiger partial charge >= 0.3 is 0 Å². The van der Waals surface area contributed by atoms with Crippen molar-refractivity contribution >= 4 is 29.0 Å². The fourth-order valence-electron chi connectivity index (χ4n) is 2.02. The van der Waals surface area contributed by atoms with Gasteiger partial charge in [-0.15, -0.1) is 0 Å². The summed E-state index contributed by atoms with van der Waals surface area (Å²) in [5, 5.41) is 4.53. The van der Waals surface area contributed by atoms with Gasteiger partial charge in [-0.25, -0.2) is 4.98 Å². The monoisotopic (exact) mass is 295 g/mol. The molecule has 0 fully saturated rings. The lowest BCUT2D eigenvalue weighted by atomic mass is 9.99. The Labute approximate surface area is 122 Å². The largest absolute Gasteiger partial charge is 0.384 e. The van der Waals surface area contributed by atoms with Crippen molar-refractivity contribution in [2.24, 2.45) is 0 Å². The van der Waals surface area contributed by atoms with E-state index >= 15 is 0 Å². The van der Waals surface area contributed by atoms with E-state index in [0.29, 0.717) is 15.9 Å². The first-order valence-electron chi connectivity index (χ1n) is 5.92. The van der Waals surface area contributed by atoms with Gasteiger partial charge in [0.1, 0.15) is 5.82 Å². The Morgan fingerprint density at radius 1 is 1.21 bits per heavy atom. The molecule has 2 aromatic rings. The third kappa shape index (κ3) is 3.83. The van der Waals surface area contributed by atoms with Crippen molar-refractivity contribution in [1.82, 2.24) is 10.3 Å². The molecule has 3 N–H and O–H groups in total. The van der Waals surface area contributed by atoms with Crippen molar-refractivity contribution in [2.45, 2.75) is 12.5 Å². The molecule has 1 unspecified atom stereocenters. The van der Waals surface area contributed by atoms with Gasteiger partial charge in [-0.3, -0.25) is 0 Å². The maximum absolute atomic E-state index is 6.04. The van der Waals surface area contributed by atoms with Crippen LogP contribution in [0.3, 0.4) is 0 Å². The number of nitrogens with one attached hydrogen (secondary N) is 1. The Bertz CT molecular complexity index is 552. The van der Waals surface area contributed by atoms with Crippen LogP contribution >= 0.6 is 23.2 Å². The molecule has 100 valence electrons. The van der Waals surface area contributed by atoms with Crippen molar-refractivity contribution in [3.05, 3.63) is 57.7 Å². The number of nitrogens with two attached hydrogens (primary N) is 1. The SMILES string of the molecule is CNC(Cc1ccnc(N)c1)c1cc(Cl)cc(Cl)c1. The summed E-state index contributed by atoms with van der Waals surface area (Å²) in [4.78, 5) is 3.99. The standard InChI is InChI=1S/C14H15Cl2N3/c1-18-13(4-9-2-3-19-14(17)5-9)10-6-11(15)8-12(16)7-10/h2-3,5-8,13,18H,4H2,1H3,(H2,17,19). The molecule has 5 heteroatoms. The number of benzene rings is 1. The van der Waals surface area contributed by atoms with Gasteiger partial charge in [0.25, 0.3) is 0 Å². The van der Waals surface area contributed by atoms with Crippen LogP contribution in [0.25, 0.3) is 0 Å². The number of hydrogen-bond acceptors (Lipinski definition) is 3. The van der Waals surface area contributed by atoms with E-state index in [2.05, 4.69) is 10.3 Å². The van der Waals surface area contributed by atoms with E-state index in [1.165, 1.54) is 0 Å². The highest BCUT2D eigenvalue weighted by atomic mass is 35.5. The number of likely N-dealkylation sites (N-methyl/N-ethyl adjacent to an activating group) is 1. The number of hydrogen-bond donors (Lipinski definition) is 2. The summed E-state index contributed by atoms with van der Waals surface area (Å²) in [5.74, 6) is 0.525. The third-order valence-electron chi connectivity index (χ3n) is 2.92. The van der Waals surface area contributed by atoms with Crippen molar-refractivity contribution < 1.29 is 0 Å². The van der Waals surface area contributed by atoms with Gasteiger partial charge in [0.15, 0.2) is 0 Å². The van der Waals surface area contributed by atoms with Gasteiger partial charge in [0.05, 0.1) is 0 Å². The molecule has 0 aliphatic heterocycles. The molecule has 19 heavy (non-hydrogen) atoms. The van der Waals surface area contributed by atoms with Crippen LogP contribution in [0.5, 0.6) is 0 Å². The number of rotatable bonds is 4. The van der Waals surface area contributed by atoms with Crippen molar-refractivity contribution in [2.75, 3.05) is 12.8 Å². The van der Waals surface area contributed by atoms with Gasteiger partial charge in [-0.1, -0.05) is 23.2 Å². The molecule has 0 saturated heterocycles. The summed E-state index contributed by atoms with van der Waals surface area (Å²) in [6.45, 7) is 0. The Kier molecular flexibility index (Phi) is 4.64. The fraction of sp³-hybridized carbons (Fsp3) is 0.214. The Morgan fingerprint density at radius 3 is 2.47 bits per heavy atom. The molecular weight excluding hydrogens is 281 g/mol. The number of nitrogen functional groups attached to an aromatic ring is 1. The molecule has 0 saturated carbocycles. The molecule has 3 nitrogen and oxygen atoms in total. The normalized spacial score (nSPS) is 12.4. The lowest BCUT2D eigenvalue weighted by Gasteiger charge is -2.17. The van der Waals surface area contributed by atoms with E-state index in [-0.39, 0.29) is 6.04 Å². The summed E-state index contributed by atoms with van der Waals surface area (Å²) in [6, 6.07) is 9.50. The van der Waals surface area contributed by atoms with E-state index in [1.807, 2.05) is 31.3 Å². The van der Waals surface area contributed by atoms with Crippen LogP contribution in [0.2, 0.25) is 10.0 Å². The van der Waals surface area contributed by atoms with Crippen LogP contribution in [0, 0.1) is 0 Å². The van der Waals surface area contributed by atoms with Crippen molar-refractivity contribution in [1.29, 1.82) is 0 Å². The average molecular weight is 296 g/mol. The lowest BCUT2D eigenvalue weighted by Crippen LogP contribution is -2.19. The van der Waals surface area contributed by atoms with Gasteiger partial charge < -0.3 is 11.1 Å². The predicted octanol–water partition coefficient (Wildman–Crippen LogP) is 3.47. The molecule has 1 aromatic heterocycles. The molecule has 0 spiro atoms. The first kappa shape index (κ1) is 14.1. The molecule has 1 aromatic carbocycles. The summed E-state index contributed by atoms with van der Waals surface area (Å²) in [5.41, 5.74) is 7.85. The maximum atomic E-state index is 6.04. The second-order valence-electron chi connectivity index (χ2n) is 4.34. The summed E-state index contributed by atoms with van der Waals surface area (Å²) >= 11 is 12.1. The Hall–Kier alpha value is -1.29.